The maximum atomic E-state index is 11.9. The summed E-state index contributed by atoms with van der Waals surface area (Å²) in [5, 5.41) is 18.6. The van der Waals surface area contributed by atoms with Crippen LogP contribution in [0.1, 0.15) is 41.0 Å². The van der Waals surface area contributed by atoms with Crippen LogP contribution in [-0.4, -0.2) is 37.5 Å². The molecule has 3 rings (SSSR count). The fourth-order valence-corrected chi connectivity index (χ4v) is 3.31. The number of rotatable bonds is 4. The molecule has 0 bridgehead atoms. The maximum absolute atomic E-state index is 11.9. The van der Waals surface area contributed by atoms with Crippen LogP contribution in [0.25, 0.3) is 0 Å². The Morgan fingerprint density at radius 3 is 2.78 bits per heavy atom. The predicted molar refractivity (Wildman–Crippen MR) is 86.1 cm³/mol. The zero-order valence-electron chi connectivity index (χ0n) is 13.8. The molecule has 2 aromatic rings. The number of aromatic nitrogens is 3. The van der Waals surface area contributed by atoms with Gasteiger partial charge in [-0.3, -0.25) is 9.69 Å². The number of aryl methyl sites for hydroxylation is 3. The third-order valence-corrected chi connectivity index (χ3v) is 4.54. The molecule has 6 heteroatoms. The molecule has 0 aliphatic carbocycles. The van der Waals surface area contributed by atoms with Gasteiger partial charge in [-0.2, -0.15) is 15.0 Å². The van der Waals surface area contributed by atoms with Crippen LogP contribution in [-0.2, 0) is 24.3 Å². The molecule has 0 fully saturated rings. The van der Waals surface area contributed by atoms with Gasteiger partial charge in [-0.25, -0.2) is 0 Å². The van der Waals surface area contributed by atoms with Crippen LogP contribution < -0.4 is 0 Å². The summed E-state index contributed by atoms with van der Waals surface area (Å²) >= 11 is 0. The molecule has 1 aliphatic heterocycles. The molecule has 2 heterocycles. The first-order valence-electron chi connectivity index (χ1n) is 7.97. The van der Waals surface area contributed by atoms with Crippen LogP contribution in [0.3, 0.4) is 0 Å². The molecule has 1 aromatic carbocycles. The highest BCUT2D eigenvalue weighted by molar-refractivity contribution is 5.76. The van der Waals surface area contributed by atoms with Crippen molar-refractivity contribution in [2.45, 2.75) is 46.3 Å². The predicted octanol–water partition coefficient (Wildman–Crippen LogP) is 2.10. The first-order chi connectivity index (χ1) is 11.0. The molecule has 23 heavy (non-hydrogen) atoms. The van der Waals surface area contributed by atoms with Gasteiger partial charge >= 0.3 is 5.97 Å². The number of benzene rings is 1. The molecule has 1 N–H and O–H groups in total. The summed E-state index contributed by atoms with van der Waals surface area (Å²) in [6.07, 6.45) is 0.868. The van der Waals surface area contributed by atoms with Crippen molar-refractivity contribution in [3.8, 4) is 0 Å². The first-order valence-corrected chi connectivity index (χ1v) is 7.97. The molecular weight excluding hydrogens is 292 g/mol. The van der Waals surface area contributed by atoms with Gasteiger partial charge in [0.1, 0.15) is 6.04 Å². The molecule has 1 aliphatic rings. The molecule has 1 unspecified atom stereocenters. The summed E-state index contributed by atoms with van der Waals surface area (Å²) in [5.74, 6) is -0.808. The minimum Gasteiger partial charge on any atom is -0.480 e. The fourth-order valence-electron chi connectivity index (χ4n) is 3.31. The Balaban J connectivity index is 1.93. The first kappa shape index (κ1) is 15.7. The Morgan fingerprint density at radius 2 is 2.13 bits per heavy atom. The van der Waals surface area contributed by atoms with Crippen molar-refractivity contribution >= 4 is 5.97 Å². The van der Waals surface area contributed by atoms with Crippen LogP contribution in [0.15, 0.2) is 18.2 Å². The Labute approximate surface area is 135 Å². The normalized spacial score (nSPS) is 18.0. The third kappa shape index (κ3) is 2.86. The molecule has 6 nitrogen and oxygen atoms in total. The van der Waals surface area contributed by atoms with E-state index in [0.29, 0.717) is 19.6 Å². The number of carboxylic acids is 1. The van der Waals surface area contributed by atoms with Gasteiger partial charge in [0, 0.05) is 13.1 Å². The van der Waals surface area contributed by atoms with E-state index in [1.54, 1.807) is 4.80 Å². The minimum atomic E-state index is -0.808. The lowest BCUT2D eigenvalue weighted by Crippen LogP contribution is -2.39. The number of nitrogens with zero attached hydrogens (tertiary/aromatic N) is 4. The lowest BCUT2D eigenvalue weighted by Gasteiger charge is -2.35. The summed E-state index contributed by atoms with van der Waals surface area (Å²) < 4.78 is 0. The standard InChI is InChI=1S/C17H22N4O2/c1-4-21-18-12(3)15(19-21)10-20-9-8-13-11(2)6-5-7-14(13)16(20)17(22)23/h5-7,16H,4,8-10H2,1-3H3,(H,22,23). The van der Waals surface area contributed by atoms with E-state index in [-0.39, 0.29) is 0 Å². The van der Waals surface area contributed by atoms with Gasteiger partial charge in [0.15, 0.2) is 0 Å². The highest BCUT2D eigenvalue weighted by Crippen LogP contribution is 2.32. The molecular formula is C17H22N4O2. The summed E-state index contributed by atoms with van der Waals surface area (Å²) in [6.45, 7) is 7.90. The summed E-state index contributed by atoms with van der Waals surface area (Å²) in [5.41, 5.74) is 4.97. The van der Waals surface area contributed by atoms with Gasteiger partial charge < -0.3 is 5.11 Å². The molecule has 0 amide bonds. The van der Waals surface area contributed by atoms with E-state index in [9.17, 15) is 9.90 Å². The Morgan fingerprint density at radius 1 is 1.35 bits per heavy atom. The van der Waals surface area contributed by atoms with E-state index < -0.39 is 12.0 Å². The van der Waals surface area contributed by atoms with Crippen molar-refractivity contribution in [3.05, 3.63) is 46.3 Å². The summed E-state index contributed by atoms with van der Waals surface area (Å²) in [7, 11) is 0. The van der Waals surface area contributed by atoms with Crippen LogP contribution in [0.5, 0.6) is 0 Å². The van der Waals surface area contributed by atoms with Gasteiger partial charge in [0.25, 0.3) is 0 Å². The number of hydrogen-bond donors (Lipinski definition) is 1. The average molecular weight is 314 g/mol. The zero-order chi connectivity index (χ0) is 16.6. The molecule has 122 valence electrons. The molecule has 1 aromatic heterocycles. The largest absolute Gasteiger partial charge is 0.480 e. The highest BCUT2D eigenvalue weighted by Gasteiger charge is 2.34. The zero-order valence-corrected chi connectivity index (χ0v) is 13.8. The number of fused-ring (bicyclic) bond motifs is 1. The van der Waals surface area contributed by atoms with E-state index in [1.165, 1.54) is 11.1 Å². The molecule has 0 saturated heterocycles. The van der Waals surface area contributed by atoms with Crippen molar-refractivity contribution in [2.75, 3.05) is 6.54 Å². The molecule has 0 radical (unpaired) electrons. The third-order valence-electron chi connectivity index (χ3n) is 4.54. The van der Waals surface area contributed by atoms with Crippen LogP contribution in [0.4, 0.5) is 0 Å². The Bertz CT molecular complexity index is 738. The Hall–Kier alpha value is -2.21. The minimum absolute atomic E-state index is 0.510. The van der Waals surface area contributed by atoms with Gasteiger partial charge in [0.05, 0.1) is 17.9 Å². The van der Waals surface area contributed by atoms with Crippen LogP contribution in [0, 0.1) is 13.8 Å². The highest BCUT2D eigenvalue weighted by atomic mass is 16.4. The smallest absolute Gasteiger partial charge is 0.325 e. The van der Waals surface area contributed by atoms with Crippen molar-refractivity contribution in [3.63, 3.8) is 0 Å². The average Bonchev–Trinajstić information content (AvgIpc) is 2.87. The van der Waals surface area contributed by atoms with Crippen LogP contribution in [0.2, 0.25) is 0 Å². The van der Waals surface area contributed by atoms with Gasteiger partial charge in [0.2, 0.25) is 0 Å². The van der Waals surface area contributed by atoms with Gasteiger partial charge in [-0.1, -0.05) is 18.2 Å². The SMILES string of the molecule is CCn1nc(C)c(CN2CCc3c(C)cccc3C2C(=O)O)n1. The second kappa shape index (κ2) is 6.12. The van der Waals surface area contributed by atoms with E-state index in [4.69, 9.17) is 0 Å². The fraction of sp³-hybridized carbons (Fsp3) is 0.471. The topological polar surface area (TPSA) is 71.2 Å². The number of hydrogen-bond acceptors (Lipinski definition) is 4. The molecule has 0 spiro atoms. The lowest BCUT2D eigenvalue weighted by molar-refractivity contribution is -0.144. The number of carboxylic acid groups (broad SMARTS) is 1. The van der Waals surface area contributed by atoms with Gasteiger partial charge in [-0.05, 0) is 43.9 Å². The van der Waals surface area contributed by atoms with Crippen molar-refractivity contribution in [1.29, 1.82) is 0 Å². The second-order valence-electron chi connectivity index (χ2n) is 6.02. The van der Waals surface area contributed by atoms with Crippen molar-refractivity contribution < 1.29 is 9.90 Å². The monoisotopic (exact) mass is 314 g/mol. The summed E-state index contributed by atoms with van der Waals surface area (Å²) in [4.78, 5) is 15.5. The molecule has 0 saturated carbocycles. The summed E-state index contributed by atoms with van der Waals surface area (Å²) in [6, 6.07) is 5.30. The van der Waals surface area contributed by atoms with E-state index >= 15 is 0 Å². The van der Waals surface area contributed by atoms with Gasteiger partial charge in [-0.15, -0.1) is 0 Å². The van der Waals surface area contributed by atoms with Crippen molar-refractivity contribution in [1.82, 2.24) is 19.9 Å². The molecule has 1 atom stereocenters. The van der Waals surface area contributed by atoms with Crippen LogP contribution >= 0.6 is 0 Å². The number of aliphatic carboxylic acids is 1. The maximum Gasteiger partial charge on any atom is 0.325 e. The van der Waals surface area contributed by atoms with E-state index in [0.717, 1.165) is 23.4 Å². The Kier molecular flexibility index (Phi) is 4.17. The lowest BCUT2D eigenvalue weighted by atomic mass is 9.89. The number of carbonyl (C=O) groups is 1. The van der Waals surface area contributed by atoms with E-state index in [1.807, 2.05) is 43.9 Å². The quantitative estimate of drug-likeness (QED) is 0.936. The second-order valence-corrected chi connectivity index (χ2v) is 6.02. The van der Waals surface area contributed by atoms with E-state index in [2.05, 4.69) is 10.2 Å². The van der Waals surface area contributed by atoms with Crippen molar-refractivity contribution in [2.24, 2.45) is 0 Å².